The Morgan fingerprint density at radius 1 is 1.38 bits per heavy atom. The van der Waals surface area contributed by atoms with Crippen LogP contribution in [0.3, 0.4) is 0 Å². The van der Waals surface area contributed by atoms with Gasteiger partial charge in [0.15, 0.2) is 0 Å². The van der Waals surface area contributed by atoms with Crippen LogP contribution in [0.25, 0.3) is 0 Å². The molecule has 0 bridgehead atoms. The largest absolute Gasteiger partial charge is 0.515 e. The first-order valence-corrected chi connectivity index (χ1v) is 9.03. The highest BCUT2D eigenvalue weighted by molar-refractivity contribution is 6.31. The van der Waals surface area contributed by atoms with Crippen LogP contribution in [-0.4, -0.2) is 49.0 Å². The quantitative estimate of drug-likeness (QED) is 0.344. The monoisotopic (exact) mass is 411 g/mol. The van der Waals surface area contributed by atoms with Crippen molar-refractivity contribution in [2.75, 3.05) is 37.5 Å². The molecule has 1 aliphatic rings. The number of esters is 1. The molecular formula is C20H18ClN5O3. The number of pyridine rings is 1. The second kappa shape index (κ2) is 8.63. The van der Waals surface area contributed by atoms with E-state index in [0.29, 0.717) is 28.9 Å². The number of hydrogen-bond donors (Lipinski definition) is 2. The summed E-state index contributed by atoms with van der Waals surface area (Å²) < 4.78 is 5.06. The van der Waals surface area contributed by atoms with Gasteiger partial charge in [0.25, 0.3) is 0 Å². The molecular weight excluding hydrogens is 394 g/mol. The molecule has 0 unspecified atom stereocenters. The Labute approximate surface area is 172 Å². The molecule has 0 saturated carbocycles. The molecule has 1 aromatic heterocycles. The highest BCUT2D eigenvalue weighted by Gasteiger charge is 2.25. The van der Waals surface area contributed by atoms with Gasteiger partial charge < -0.3 is 20.1 Å². The average molecular weight is 412 g/mol. The van der Waals surface area contributed by atoms with Crippen LogP contribution in [0.1, 0.15) is 11.1 Å². The number of ether oxygens (including phenoxy) is 1. The first-order chi connectivity index (χ1) is 14.0. The predicted octanol–water partition coefficient (Wildman–Crippen LogP) is 3.20. The zero-order valence-corrected chi connectivity index (χ0v) is 16.6. The molecule has 0 saturated heterocycles. The van der Waals surface area contributed by atoms with Crippen LogP contribution in [0.2, 0.25) is 5.15 Å². The molecule has 0 amide bonds. The Balaban J connectivity index is 2.10. The van der Waals surface area contributed by atoms with Crippen LogP contribution < -0.4 is 10.2 Å². The fraction of sp³-hybridized carbons (Fsp3) is 0.200. The summed E-state index contributed by atoms with van der Waals surface area (Å²) in [5.74, 6) is -0.639. The van der Waals surface area contributed by atoms with Crippen LogP contribution in [0.4, 0.5) is 17.1 Å². The second-order valence-corrected chi connectivity index (χ2v) is 6.65. The van der Waals surface area contributed by atoms with Crippen molar-refractivity contribution in [1.82, 2.24) is 4.98 Å². The molecule has 0 spiro atoms. The number of halogens is 1. The van der Waals surface area contributed by atoms with E-state index in [1.807, 2.05) is 37.2 Å². The third-order valence-electron chi connectivity index (χ3n) is 4.23. The lowest BCUT2D eigenvalue weighted by Crippen LogP contribution is -2.19. The Morgan fingerprint density at radius 2 is 2.17 bits per heavy atom. The van der Waals surface area contributed by atoms with E-state index in [0.717, 1.165) is 5.69 Å². The minimum Gasteiger partial charge on any atom is -0.515 e. The van der Waals surface area contributed by atoms with E-state index in [1.54, 1.807) is 12.1 Å². The van der Waals surface area contributed by atoms with Crippen molar-refractivity contribution in [3.63, 3.8) is 0 Å². The van der Waals surface area contributed by atoms with Crippen molar-refractivity contribution in [1.29, 1.82) is 5.26 Å². The molecule has 0 radical (unpaired) electrons. The standard InChI is InChI=1S/C20H18ClN5O3/c1-26(2)17-4-3-12(25-16-5-6-24-19(21)14(16)10-22)9-13(17)18-15(11-27)20(28)29-8-7-23-18/h3-6,9,11,27H,7-8H2,1-2H3,(H,24,25). The first kappa shape index (κ1) is 20.2. The number of nitrogens with one attached hydrogen (secondary N) is 1. The lowest BCUT2D eigenvalue weighted by Gasteiger charge is -2.20. The second-order valence-electron chi connectivity index (χ2n) is 6.30. The number of aromatic nitrogens is 1. The van der Waals surface area contributed by atoms with Crippen molar-refractivity contribution in [2.45, 2.75) is 0 Å². The number of nitrogens with zero attached hydrogens (tertiary/aromatic N) is 4. The minimum absolute atomic E-state index is 0.0209. The van der Waals surface area contributed by atoms with Gasteiger partial charge in [0.2, 0.25) is 0 Å². The number of aliphatic hydroxyl groups excluding tert-OH is 1. The maximum atomic E-state index is 12.2. The Kier molecular flexibility index (Phi) is 6.00. The van der Waals surface area contributed by atoms with Gasteiger partial charge in [-0.15, -0.1) is 0 Å². The van der Waals surface area contributed by atoms with Gasteiger partial charge in [-0.2, -0.15) is 5.26 Å². The number of anilines is 3. The summed E-state index contributed by atoms with van der Waals surface area (Å²) >= 11 is 6.00. The zero-order valence-electron chi connectivity index (χ0n) is 15.8. The number of aliphatic imine (C=N–C) groups is 1. The molecule has 9 heteroatoms. The fourth-order valence-corrected chi connectivity index (χ4v) is 3.10. The Morgan fingerprint density at radius 3 is 2.86 bits per heavy atom. The molecule has 0 atom stereocenters. The van der Waals surface area contributed by atoms with Gasteiger partial charge in [0.05, 0.1) is 24.2 Å². The molecule has 1 aromatic carbocycles. The van der Waals surface area contributed by atoms with E-state index in [1.165, 1.54) is 6.20 Å². The Hall–Kier alpha value is -3.57. The van der Waals surface area contributed by atoms with E-state index in [9.17, 15) is 15.2 Å². The van der Waals surface area contributed by atoms with Gasteiger partial charge in [-0.1, -0.05) is 11.6 Å². The number of nitriles is 1. The number of hydrogen-bond acceptors (Lipinski definition) is 8. The topological polar surface area (TPSA) is 111 Å². The van der Waals surface area contributed by atoms with Gasteiger partial charge >= 0.3 is 5.97 Å². The minimum atomic E-state index is -0.639. The number of rotatable bonds is 4. The van der Waals surface area contributed by atoms with Crippen LogP contribution in [0.15, 0.2) is 47.3 Å². The average Bonchev–Trinajstić information content (AvgIpc) is 2.88. The molecule has 8 nitrogen and oxygen atoms in total. The van der Waals surface area contributed by atoms with Crippen LogP contribution in [0.5, 0.6) is 0 Å². The summed E-state index contributed by atoms with van der Waals surface area (Å²) in [6.07, 6.45) is 2.21. The van der Waals surface area contributed by atoms with Crippen LogP contribution >= 0.6 is 11.6 Å². The van der Waals surface area contributed by atoms with E-state index >= 15 is 0 Å². The number of carbonyl (C=O) groups is 1. The van der Waals surface area contributed by atoms with Gasteiger partial charge in [-0.05, 0) is 24.3 Å². The highest BCUT2D eigenvalue weighted by atomic mass is 35.5. The number of benzene rings is 1. The molecule has 3 rings (SSSR count). The van der Waals surface area contributed by atoms with Crippen molar-refractivity contribution < 1.29 is 14.6 Å². The maximum absolute atomic E-state index is 12.2. The summed E-state index contributed by atoms with van der Waals surface area (Å²) in [5, 5.41) is 22.2. The lowest BCUT2D eigenvalue weighted by molar-refractivity contribution is -0.137. The molecule has 2 aromatic rings. The van der Waals surface area contributed by atoms with Gasteiger partial charge in [0.1, 0.15) is 29.0 Å². The normalized spacial score (nSPS) is 15.2. The van der Waals surface area contributed by atoms with Gasteiger partial charge in [0, 0.05) is 37.2 Å². The molecule has 0 fully saturated rings. The van der Waals surface area contributed by atoms with E-state index in [4.69, 9.17) is 16.3 Å². The fourth-order valence-electron chi connectivity index (χ4n) is 2.90. The number of cyclic esters (lactones) is 1. The van der Waals surface area contributed by atoms with Crippen LogP contribution in [-0.2, 0) is 9.53 Å². The molecule has 1 aliphatic heterocycles. The van der Waals surface area contributed by atoms with Crippen LogP contribution in [0, 0.1) is 11.3 Å². The summed E-state index contributed by atoms with van der Waals surface area (Å²) in [6, 6.07) is 9.13. The number of aliphatic hydroxyl groups is 1. The summed E-state index contributed by atoms with van der Waals surface area (Å²) in [7, 11) is 3.72. The predicted molar refractivity (Wildman–Crippen MR) is 111 cm³/mol. The Bertz CT molecular complexity index is 1060. The van der Waals surface area contributed by atoms with Crippen molar-refractivity contribution >= 4 is 40.3 Å². The summed E-state index contributed by atoms with van der Waals surface area (Å²) in [4.78, 5) is 22.4. The van der Waals surface area contributed by atoms with Crippen molar-refractivity contribution in [3.05, 3.63) is 58.6 Å². The lowest BCUT2D eigenvalue weighted by atomic mass is 10.00. The molecule has 2 heterocycles. The maximum Gasteiger partial charge on any atom is 0.343 e. The van der Waals surface area contributed by atoms with Gasteiger partial charge in [-0.3, -0.25) is 4.99 Å². The zero-order chi connectivity index (χ0) is 21.0. The van der Waals surface area contributed by atoms with E-state index < -0.39 is 5.97 Å². The third kappa shape index (κ3) is 4.15. The first-order valence-electron chi connectivity index (χ1n) is 8.66. The van der Waals surface area contributed by atoms with Gasteiger partial charge in [-0.25, -0.2) is 9.78 Å². The molecule has 148 valence electrons. The van der Waals surface area contributed by atoms with Crippen molar-refractivity contribution in [2.24, 2.45) is 4.99 Å². The van der Waals surface area contributed by atoms with Crippen molar-refractivity contribution in [3.8, 4) is 6.07 Å². The number of carbonyl (C=O) groups excluding carboxylic acids is 1. The SMILES string of the molecule is CN(C)c1ccc(Nc2ccnc(Cl)c2C#N)cc1C1=NCCOC(=O)C1=CO. The smallest absolute Gasteiger partial charge is 0.343 e. The van der Waals surface area contributed by atoms with E-state index in [2.05, 4.69) is 15.3 Å². The molecule has 0 aliphatic carbocycles. The molecule has 2 N–H and O–H groups in total. The third-order valence-corrected chi connectivity index (χ3v) is 4.51. The summed E-state index contributed by atoms with van der Waals surface area (Å²) in [6.45, 7) is 0.414. The summed E-state index contributed by atoms with van der Waals surface area (Å²) in [5.41, 5.74) is 3.08. The highest BCUT2D eigenvalue weighted by Crippen LogP contribution is 2.30. The van der Waals surface area contributed by atoms with E-state index in [-0.39, 0.29) is 29.4 Å². The molecule has 29 heavy (non-hydrogen) atoms.